The van der Waals surface area contributed by atoms with E-state index in [0.29, 0.717) is 6.04 Å². The maximum atomic E-state index is 6.23. The summed E-state index contributed by atoms with van der Waals surface area (Å²) in [7, 11) is 0. The monoisotopic (exact) mass is 317 g/mol. The maximum Gasteiger partial charge on any atom is 0.104 e. The fourth-order valence-corrected chi connectivity index (χ4v) is 3.74. The van der Waals surface area contributed by atoms with Crippen LogP contribution in [0.5, 0.6) is 0 Å². The van der Waals surface area contributed by atoms with Crippen molar-refractivity contribution >= 4 is 0 Å². The van der Waals surface area contributed by atoms with Crippen LogP contribution in [0, 0.1) is 5.92 Å². The fourth-order valence-electron chi connectivity index (χ4n) is 3.74. The quantitative estimate of drug-likeness (QED) is 0.520. The number of hydroxylamine groups is 1. The second-order valence-electron chi connectivity index (χ2n) is 7.07. The summed E-state index contributed by atoms with van der Waals surface area (Å²) in [5.41, 5.74) is 4.80. The van der Waals surface area contributed by atoms with Gasteiger partial charge in [0.2, 0.25) is 0 Å². The smallest absolute Gasteiger partial charge is 0.104 e. The molecule has 0 heterocycles. The lowest BCUT2D eigenvalue weighted by molar-refractivity contribution is -0.0647. The molecule has 1 aromatic carbocycles. The van der Waals surface area contributed by atoms with Gasteiger partial charge in [0.25, 0.3) is 0 Å². The molecule has 23 heavy (non-hydrogen) atoms. The molecule has 0 amide bonds. The van der Waals surface area contributed by atoms with E-state index in [4.69, 9.17) is 4.84 Å². The van der Waals surface area contributed by atoms with E-state index in [1.54, 1.807) is 0 Å². The Morgan fingerprint density at radius 2 is 1.74 bits per heavy atom. The Morgan fingerprint density at radius 3 is 2.39 bits per heavy atom. The average Bonchev–Trinajstić information content (AvgIpc) is 2.62. The van der Waals surface area contributed by atoms with E-state index in [9.17, 15) is 0 Å². The zero-order valence-corrected chi connectivity index (χ0v) is 15.1. The number of hydrogen-bond donors (Lipinski definition) is 1. The second kappa shape index (κ2) is 10.8. The summed E-state index contributed by atoms with van der Waals surface area (Å²) in [6, 6.07) is 11.2. The van der Waals surface area contributed by atoms with Gasteiger partial charge in [-0.15, -0.1) is 0 Å². The molecule has 1 saturated carbocycles. The maximum absolute atomic E-state index is 6.23. The van der Waals surface area contributed by atoms with Gasteiger partial charge in [0, 0.05) is 6.04 Å². The highest BCUT2D eigenvalue weighted by molar-refractivity contribution is 5.17. The molecule has 0 saturated heterocycles. The number of benzene rings is 1. The summed E-state index contributed by atoms with van der Waals surface area (Å²) in [5.74, 6) is 0.799. The standard InChI is InChI=1S/C21H35NO/c1-3-5-17-20(18-13-8-6-9-14-18)22-23-21(12-4-2)19-15-10-7-11-16-19/h7,10-11,15-16,18,20-22H,3-6,8-9,12-14,17H2,1-2H3/t20?,21-/m1/s1. The zero-order valence-electron chi connectivity index (χ0n) is 15.1. The van der Waals surface area contributed by atoms with Crippen molar-refractivity contribution in [3.63, 3.8) is 0 Å². The second-order valence-corrected chi connectivity index (χ2v) is 7.07. The normalized spacial score (nSPS) is 18.7. The molecule has 0 aromatic heterocycles. The third kappa shape index (κ3) is 6.27. The van der Waals surface area contributed by atoms with Crippen LogP contribution in [0.3, 0.4) is 0 Å². The van der Waals surface area contributed by atoms with E-state index in [1.807, 2.05) is 0 Å². The van der Waals surface area contributed by atoms with Crippen molar-refractivity contribution in [3.8, 4) is 0 Å². The number of nitrogens with one attached hydrogen (secondary N) is 1. The van der Waals surface area contributed by atoms with Crippen LogP contribution < -0.4 is 5.48 Å². The largest absolute Gasteiger partial charge is 0.293 e. The molecule has 1 fully saturated rings. The molecule has 130 valence electrons. The van der Waals surface area contributed by atoms with Crippen molar-refractivity contribution in [2.24, 2.45) is 5.92 Å². The number of rotatable bonds is 10. The molecule has 2 rings (SSSR count). The zero-order chi connectivity index (χ0) is 16.3. The predicted molar refractivity (Wildman–Crippen MR) is 98.2 cm³/mol. The summed E-state index contributed by atoms with van der Waals surface area (Å²) in [5, 5.41) is 0. The number of unbranched alkanes of at least 4 members (excludes halogenated alkanes) is 1. The average molecular weight is 318 g/mol. The number of hydrogen-bond acceptors (Lipinski definition) is 2. The SMILES string of the molecule is CCCCC(NO[C@H](CCC)c1ccccc1)C1CCCCC1. The first-order valence-electron chi connectivity index (χ1n) is 9.81. The summed E-state index contributed by atoms with van der Waals surface area (Å²) in [4.78, 5) is 6.23. The van der Waals surface area contributed by atoms with Crippen LogP contribution in [-0.4, -0.2) is 6.04 Å². The molecule has 0 spiro atoms. The predicted octanol–water partition coefficient (Wildman–Crippen LogP) is 6.19. The highest BCUT2D eigenvalue weighted by Crippen LogP contribution is 2.30. The minimum Gasteiger partial charge on any atom is -0.293 e. The van der Waals surface area contributed by atoms with E-state index in [-0.39, 0.29) is 6.10 Å². The van der Waals surface area contributed by atoms with Crippen LogP contribution in [0.1, 0.15) is 89.7 Å². The Morgan fingerprint density at radius 1 is 1.00 bits per heavy atom. The first-order chi connectivity index (χ1) is 11.3. The van der Waals surface area contributed by atoms with E-state index in [0.717, 1.165) is 18.8 Å². The highest BCUT2D eigenvalue weighted by Gasteiger charge is 2.24. The van der Waals surface area contributed by atoms with Crippen molar-refractivity contribution in [2.45, 2.75) is 90.2 Å². The molecule has 0 aliphatic heterocycles. The van der Waals surface area contributed by atoms with Crippen molar-refractivity contribution in [1.29, 1.82) is 0 Å². The lowest BCUT2D eigenvalue weighted by Crippen LogP contribution is -2.38. The molecule has 2 nitrogen and oxygen atoms in total. The van der Waals surface area contributed by atoms with Crippen LogP contribution >= 0.6 is 0 Å². The Labute approximate surface area is 143 Å². The van der Waals surface area contributed by atoms with Crippen LogP contribution in [-0.2, 0) is 4.84 Å². The molecule has 1 unspecified atom stereocenters. The summed E-state index contributed by atoms with van der Waals surface area (Å²) < 4.78 is 0. The van der Waals surface area contributed by atoms with Gasteiger partial charge in [-0.05, 0) is 37.2 Å². The first kappa shape index (κ1) is 18.5. The van der Waals surface area contributed by atoms with E-state index in [1.165, 1.54) is 56.9 Å². The van der Waals surface area contributed by atoms with Crippen molar-refractivity contribution in [1.82, 2.24) is 5.48 Å². The van der Waals surface area contributed by atoms with Crippen LogP contribution in [0.4, 0.5) is 0 Å². The van der Waals surface area contributed by atoms with Gasteiger partial charge in [0.1, 0.15) is 6.10 Å². The van der Waals surface area contributed by atoms with Crippen LogP contribution in [0.15, 0.2) is 30.3 Å². The Balaban J connectivity index is 1.93. The summed E-state index contributed by atoms with van der Waals surface area (Å²) in [6.07, 6.45) is 13.1. The van der Waals surface area contributed by atoms with Gasteiger partial charge in [0.15, 0.2) is 0 Å². The van der Waals surface area contributed by atoms with E-state index < -0.39 is 0 Å². The van der Waals surface area contributed by atoms with Gasteiger partial charge in [-0.25, -0.2) is 0 Å². The molecule has 1 aliphatic carbocycles. The molecule has 1 aliphatic rings. The minimum absolute atomic E-state index is 0.175. The van der Waals surface area contributed by atoms with Crippen LogP contribution in [0.2, 0.25) is 0 Å². The van der Waals surface area contributed by atoms with Crippen LogP contribution in [0.25, 0.3) is 0 Å². The molecule has 2 heteroatoms. The molecular weight excluding hydrogens is 282 g/mol. The fraction of sp³-hybridized carbons (Fsp3) is 0.714. The third-order valence-electron chi connectivity index (χ3n) is 5.17. The molecule has 2 atom stereocenters. The molecule has 0 radical (unpaired) electrons. The van der Waals surface area contributed by atoms with Gasteiger partial charge in [-0.3, -0.25) is 4.84 Å². The lowest BCUT2D eigenvalue weighted by atomic mass is 9.82. The van der Waals surface area contributed by atoms with E-state index in [2.05, 4.69) is 49.7 Å². The van der Waals surface area contributed by atoms with Gasteiger partial charge >= 0.3 is 0 Å². The van der Waals surface area contributed by atoms with Gasteiger partial charge in [-0.1, -0.05) is 82.7 Å². The van der Waals surface area contributed by atoms with E-state index >= 15 is 0 Å². The van der Waals surface area contributed by atoms with Crippen molar-refractivity contribution in [3.05, 3.63) is 35.9 Å². The molecule has 1 aromatic rings. The highest BCUT2D eigenvalue weighted by atomic mass is 16.7. The summed E-state index contributed by atoms with van der Waals surface area (Å²) in [6.45, 7) is 4.51. The Hall–Kier alpha value is -0.860. The van der Waals surface area contributed by atoms with Gasteiger partial charge in [-0.2, -0.15) is 5.48 Å². The Kier molecular flexibility index (Phi) is 8.70. The van der Waals surface area contributed by atoms with Gasteiger partial charge < -0.3 is 0 Å². The lowest BCUT2D eigenvalue weighted by Gasteiger charge is -2.32. The van der Waals surface area contributed by atoms with Gasteiger partial charge in [0.05, 0.1) is 0 Å². The van der Waals surface area contributed by atoms with Crippen molar-refractivity contribution in [2.75, 3.05) is 0 Å². The third-order valence-corrected chi connectivity index (χ3v) is 5.17. The topological polar surface area (TPSA) is 21.3 Å². The Bertz CT molecular complexity index is 400. The minimum atomic E-state index is 0.175. The molecule has 0 bridgehead atoms. The molecule has 1 N–H and O–H groups in total. The first-order valence-corrected chi connectivity index (χ1v) is 9.81. The van der Waals surface area contributed by atoms with Crippen molar-refractivity contribution < 1.29 is 4.84 Å². The summed E-state index contributed by atoms with van der Waals surface area (Å²) >= 11 is 0. The molecular formula is C21H35NO.